The number of thioether (sulfide) groups is 1. The molecule has 0 bridgehead atoms. The zero-order valence-corrected chi connectivity index (χ0v) is 13.1. The summed E-state index contributed by atoms with van der Waals surface area (Å²) in [6.07, 6.45) is 1.07. The summed E-state index contributed by atoms with van der Waals surface area (Å²) in [5.41, 5.74) is 0.595. The zero-order chi connectivity index (χ0) is 12.6. The average molecular weight is 262 g/mol. The van der Waals surface area contributed by atoms with Gasteiger partial charge in [0.1, 0.15) is 0 Å². The van der Waals surface area contributed by atoms with Crippen LogP contribution in [0.4, 0.5) is 0 Å². The third kappa shape index (κ3) is 4.40. The van der Waals surface area contributed by atoms with E-state index in [-0.39, 0.29) is 0 Å². The number of hydrogen-bond acceptors (Lipinski definition) is 2. The third-order valence-corrected chi connectivity index (χ3v) is 6.82. The summed E-state index contributed by atoms with van der Waals surface area (Å²) in [5, 5.41) is 0. The third-order valence-electron chi connectivity index (χ3n) is 3.15. The predicted octanol–water partition coefficient (Wildman–Crippen LogP) is 3.91. The van der Waals surface area contributed by atoms with Gasteiger partial charge in [-0.25, -0.2) is 0 Å². The molecule has 0 amide bonds. The van der Waals surface area contributed by atoms with Crippen molar-refractivity contribution in [1.82, 2.24) is 0 Å². The van der Waals surface area contributed by atoms with Crippen LogP contribution in [0.15, 0.2) is 0 Å². The summed E-state index contributed by atoms with van der Waals surface area (Å²) in [6, 6.07) is 0. The van der Waals surface area contributed by atoms with Crippen molar-refractivity contribution in [3.63, 3.8) is 0 Å². The van der Waals surface area contributed by atoms with Gasteiger partial charge in [-0.2, -0.15) is 0 Å². The SMILES string of the molecule is CC(C)(C)C[C@@H]1SCC(C(C)(C)C)C[S@@]1=O. The van der Waals surface area contributed by atoms with Crippen LogP contribution in [0.1, 0.15) is 48.0 Å². The molecular formula is C13H26OS2. The lowest BCUT2D eigenvalue weighted by Gasteiger charge is -2.37. The Morgan fingerprint density at radius 3 is 2.12 bits per heavy atom. The Bertz CT molecular complexity index is 260. The standard InChI is InChI=1S/C13H26OS2/c1-12(2,3)7-11-15-8-10(9-16(11)14)13(4,5)6/h10-11H,7-9H2,1-6H3/t10?,11-,16+/m1/s1. The summed E-state index contributed by atoms with van der Waals surface area (Å²) < 4.78 is 12.6. The van der Waals surface area contributed by atoms with Gasteiger partial charge in [-0.3, -0.25) is 4.21 Å². The van der Waals surface area contributed by atoms with Crippen molar-refractivity contribution in [3.8, 4) is 0 Å². The predicted molar refractivity (Wildman–Crippen MR) is 76.3 cm³/mol. The molecule has 0 N–H and O–H groups in total. The minimum absolute atomic E-state index is 0.294. The summed E-state index contributed by atoms with van der Waals surface area (Å²) >= 11 is 1.93. The Balaban J connectivity index is 2.57. The van der Waals surface area contributed by atoms with Gasteiger partial charge in [0.2, 0.25) is 0 Å². The van der Waals surface area contributed by atoms with E-state index in [9.17, 15) is 4.21 Å². The smallest absolute Gasteiger partial charge is 0.0806 e. The van der Waals surface area contributed by atoms with E-state index in [1.807, 2.05) is 11.8 Å². The summed E-state index contributed by atoms with van der Waals surface area (Å²) in [4.78, 5) is 0. The number of hydrogen-bond donors (Lipinski definition) is 0. The van der Waals surface area contributed by atoms with Gasteiger partial charge in [0.25, 0.3) is 0 Å². The average Bonchev–Trinajstić information content (AvgIpc) is 2.04. The van der Waals surface area contributed by atoms with Crippen molar-refractivity contribution in [3.05, 3.63) is 0 Å². The van der Waals surface area contributed by atoms with E-state index in [0.717, 1.165) is 12.2 Å². The quantitative estimate of drug-likeness (QED) is 0.713. The van der Waals surface area contributed by atoms with Crippen molar-refractivity contribution in [2.45, 2.75) is 52.5 Å². The van der Waals surface area contributed by atoms with Gasteiger partial charge >= 0.3 is 0 Å². The van der Waals surface area contributed by atoms with Gasteiger partial charge in [-0.1, -0.05) is 41.5 Å². The molecule has 1 aliphatic heterocycles. The Morgan fingerprint density at radius 1 is 1.19 bits per heavy atom. The fraction of sp³-hybridized carbons (Fsp3) is 1.00. The largest absolute Gasteiger partial charge is 0.258 e. The number of rotatable bonds is 1. The molecule has 1 saturated heterocycles. The van der Waals surface area contributed by atoms with Crippen molar-refractivity contribution >= 4 is 22.6 Å². The van der Waals surface area contributed by atoms with E-state index in [1.165, 1.54) is 5.75 Å². The first-order valence-corrected chi connectivity index (χ1v) is 8.51. The molecule has 0 spiro atoms. The van der Waals surface area contributed by atoms with E-state index in [2.05, 4.69) is 41.5 Å². The molecule has 0 aromatic heterocycles. The molecule has 1 nitrogen and oxygen atoms in total. The maximum atomic E-state index is 12.2. The molecule has 1 fully saturated rings. The molecule has 1 heterocycles. The molecule has 1 rings (SSSR count). The van der Waals surface area contributed by atoms with Crippen LogP contribution < -0.4 is 0 Å². The van der Waals surface area contributed by atoms with E-state index in [1.54, 1.807) is 0 Å². The Labute approximate surface area is 108 Å². The molecule has 96 valence electrons. The van der Waals surface area contributed by atoms with Crippen LogP contribution in [0.3, 0.4) is 0 Å². The molecule has 0 radical (unpaired) electrons. The van der Waals surface area contributed by atoms with Gasteiger partial charge in [-0.15, -0.1) is 11.8 Å². The van der Waals surface area contributed by atoms with Gasteiger partial charge in [0, 0.05) is 16.6 Å². The van der Waals surface area contributed by atoms with Crippen molar-refractivity contribution < 1.29 is 4.21 Å². The molecule has 0 aliphatic carbocycles. The van der Waals surface area contributed by atoms with E-state index >= 15 is 0 Å². The fourth-order valence-electron chi connectivity index (χ4n) is 1.80. The normalized spacial score (nSPS) is 32.8. The summed E-state index contributed by atoms with van der Waals surface area (Å²) in [7, 11) is -0.638. The summed E-state index contributed by atoms with van der Waals surface area (Å²) in [5.74, 6) is 2.68. The second kappa shape index (κ2) is 5.01. The molecule has 1 aliphatic rings. The minimum Gasteiger partial charge on any atom is -0.258 e. The second-order valence-corrected chi connectivity index (χ2v) is 10.3. The second-order valence-electron chi connectivity index (χ2n) is 7.14. The topological polar surface area (TPSA) is 17.1 Å². The highest BCUT2D eigenvalue weighted by atomic mass is 32.2. The van der Waals surface area contributed by atoms with Gasteiger partial charge in [0.05, 0.1) is 4.58 Å². The maximum absolute atomic E-state index is 12.2. The highest BCUT2D eigenvalue weighted by Gasteiger charge is 2.35. The van der Waals surface area contributed by atoms with Gasteiger partial charge < -0.3 is 0 Å². The Kier molecular flexibility index (Phi) is 4.56. The van der Waals surface area contributed by atoms with Gasteiger partial charge in [-0.05, 0) is 28.9 Å². The van der Waals surface area contributed by atoms with Crippen molar-refractivity contribution in [2.75, 3.05) is 11.5 Å². The van der Waals surface area contributed by atoms with E-state index in [0.29, 0.717) is 21.3 Å². The Hall–Kier alpha value is 0.500. The highest BCUT2D eigenvalue weighted by Crippen LogP contribution is 2.40. The highest BCUT2D eigenvalue weighted by molar-refractivity contribution is 8.11. The van der Waals surface area contributed by atoms with Crippen LogP contribution in [-0.2, 0) is 10.8 Å². The van der Waals surface area contributed by atoms with Crippen molar-refractivity contribution in [1.29, 1.82) is 0 Å². The van der Waals surface area contributed by atoms with E-state index in [4.69, 9.17) is 0 Å². The van der Waals surface area contributed by atoms with E-state index < -0.39 is 10.8 Å². The molecular weight excluding hydrogens is 236 g/mol. The van der Waals surface area contributed by atoms with Crippen LogP contribution in [0.2, 0.25) is 0 Å². The van der Waals surface area contributed by atoms with Crippen LogP contribution in [0.25, 0.3) is 0 Å². The molecule has 16 heavy (non-hydrogen) atoms. The molecule has 3 atom stereocenters. The lowest BCUT2D eigenvalue weighted by molar-refractivity contribution is 0.289. The maximum Gasteiger partial charge on any atom is 0.0806 e. The lowest BCUT2D eigenvalue weighted by atomic mass is 9.83. The zero-order valence-electron chi connectivity index (χ0n) is 11.5. The molecule has 3 heteroatoms. The molecule has 0 aromatic rings. The molecule has 0 saturated carbocycles. The van der Waals surface area contributed by atoms with Crippen LogP contribution in [0, 0.1) is 16.7 Å². The lowest BCUT2D eigenvalue weighted by Crippen LogP contribution is -2.37. The minimum atomic E-state index is -0.638. The molecule has 0 aromatic carbocycles. The Morgan fingerprint density at radius 2 is 1.75 bits per heavy atom. The van der Waals surface area contributed by atoms with Crippen LogP contribution in [-0.4, -0.2) is 20.3 Å². The first-order chi connectivity index (χ1) is 7.09. The first-order valence-electron chi connectivity index (χ1n) is 6.08. The van der Waals surface area contributed by atoms with Crippen LogP contribution in [0.5, 0.6) is 0 Å². The first kappa shape index (κ1) is 14.6. The molecule has 1 unspecified atom stereocenters. The van der Waals surface area contributed by atoms with Crippen molar-refractivity contribution in [2.24, 2.45) is 16.7 Å². The fourth-order valence-corrected chi connectivity index (χ4v) is 6.63. The van der Waals surface area contributed by atoms with Gasteiger partial charge in [0.15, 0.2) is 0 Å². The van der Waals surface area contributed by atoms with Crippen LogP contribution >= 0.6 is 11.8 Å². The summed E-state index contributed by atoms with van der Waals surface area (Å²) in [6.45, 7) is 13.5. The monoisotopic (exact) mass is 262 g/mol.